The number of alkyl carbamates (subject to hydrolysis) is 1. The second-order valence-electron chi connectivity index (χ2n) is 6.25. The molecule has 0 aromatic rings. The van der Waals surface area contributed by atoms with Crippen molar-refractivity contribution >= 4 is 12.0 Å². The molecular formula is C13H25N3O3. The monoisotopic (exact) mass is 271 g/mol. The van der Waals surface area contributed by atoms with E-state index in [0.717, 1.165) is 0 Å². The molecule has 6 heteroatoms. The molecule has 1 fully saturated rings. The summed E-state index contributed by atoms with van der Waals surface area (Å²) in [5.74, 6) is 0.262. The van der Waals surface area contributed by atoms with E-state index in [0.29, 0.717) is 26.1 Å². The first-order chi connectivity index (χ1) is 8.67. The zero-order valence-electron chi connectivity index (χ0n) is 12.2. The van der Waals surface area contributed by atoms with Crippen LogP contribution in [0.5, 0.6) is 0 Å². The quantitative estimate of drug-likeness (QED) is 0.788. The largest absolute Gasteiger partial charge is 0.444 e. The second-order valence-corrected chi connectivity index (χ2v) is 6.25. The SMILES string of the molecule is CC(CNC(=O)OC(C)(C)C)CN1CC(N)CC1=O. The van der Waals surface area contributed by atoms with Crippen LogP contribution in [0, 0.1) is 5.92 Å². The van der Waals surface area contributed by atoms with E-state index in [-0.39, 0.29) is 17.9 Å². The van der Waals surface area contributed by atoms with Crippen LogP contribution in [0.15, 0.2) is 0 Å². The molecule has 0 aromatic carbocycles. The van der Waals surface area contributed by atoms with Gasteiger partial charge in [0.25, 0.3) is 0 Å². The minimum Gasteiger partial charge on any atom is -0.444 e. The highest BCUT2D eigenvalue weighted by atomic mass is 16.6. The van der Waals surface area contributed by atoms with Gasteiger partial charge in [-0.25, -0.2) is 4.79 Å². The molecule has 0 radical (unpaired) electrons. The molecule has 0 saturated carbocycles. The molecule has 1 aliphatic rings. The van der Waals surface area contributed by atoms with Crippen LogP contribution in [0.3, 0.4) is 0 Å². The van der Waals surface area contributed by atoms with Gasteiger partial charge < -0.3 is 20.7 Å². The van der Waals surface area contributed by atoms with E-state index in [2.05, 4.69) is 5.32 Å². The van der Waals surface area contributed by atoms with Gasteiger partial charge in [-0.2, -0.15) is 0 Å². The molecule has 6 nitrogen and oxygen atoms in total. The molecular weight excluding hydrogens is 246 g/mol. The van der Waals surface area contributed by atoms with Gasteiger partial charge in [0.05, 0.1) is 0 Å². The first-order valence-corrected chi connectivity index (χ1v) is 6.67. The van der Waals surface area contributed by atoms with Crippen molar-refractivity contribution in [3.8, 4) is 0 Å². The highest BCUT2D eigenvalue weighted by Gasteiger charge is 2.27. The zero-order valence-corrected chi connectivity index (χ0v) is 12.2. The second kappa shape index (κ2) is 6.23. The average Bonchev–Trinajstić information content (AvgIpc) is 2.52. The standard InChI is InChI=1S/C13H25N3O3/c1-9(6-15-12(18)19-13(2,3)4)7-16-8-10(14)5-11(16)17/h9-10H,5-8,14H2,1-4H3,(H,15,18). The van der Waals surface area contributed by atoms with E-state index in [9.17, 15) is 9.59 Å². The maximum atomic E-state index is 11.6. The number of carbonyl (C=O) groups is 2. The predicted octanol–water partition coefficient (Wildman–Crippen LogP) is 0.707. The molecule has 2 unspecified atom stereocenters. The van der Waals surface area contributed by atoms with Gasteiger partial charge in [0.15, 0.2) is 0 Å². The van der Waals surface area contributed by atoms with Crippen molar-refractivity contribution in [2.24, 2.45) is 11.7 Å². The molecule has 0 aromatic heterocycles. The van der Waals surface area contributed by atoms with Crippen LogP contribution in [0.1, 0.15) is 34.1 Å². The Bertz CT molecular complexity index is 339. The number of likely N-dealkylation sites (tertiary alicyclic amines) is 1. The molecule has 110 valence electrons. The maximum absolute atomic E-state index is 11.6. The molecule has 2 atom stereocenters. The smallest absolute Gasteiger partial charge is 0.407 e. The van der Waals surface area contributed by atoms with E-state index in [1.165, 1.54) is 0 Å². The van der Waals surface area contributed by atoms with Crippen LogP contribution in [-0.2, 0) is 9.53 Å². The van der Waals surface area contributed by atoms with Crippen LogP contribution < -0.4 is 11.1 Å². The normalized spacial score (nSPS) is 21.4. The summed E-state index contributed by atoms with van der Waals surface area (Å²) >= 11 is 0. The Kier molecular flexibility index (Phi) is 5.17. The summed E-state index contributed by atoms with van der Waals surface area (Å²) in [6.45, 7) is 9.14. The fourth-order valence-electron chi connectivity index (χ4n) is 1.99. The van der Waals surface area contributed by atoms with E-state index in [1.807, 2.05) is 27.7 Å². The maximum Gasteiger partial charge on any atom is 0.407 e. The number of hydrogen-bond acceptors (Lipinski definition) is 4. The Morgan fingerprint density at radius 3 is 2.68 bits per heavy atom. The molecule has 1 rings (SSSR count). The molecule has 1 heterocycles. The number of nitrogens with one attached hydrogen (secondary N) is 1. The minimum atomic E-state index is -0.495. The Labute approximate surface area is 114 Å². The molecule has 1 saturated heterocycles. The Balaban J connectivity index is 2.26. The minimum absolute atomic E-state index is 0.0569. The third-order valence-electron chi connectivity index (χ3n) is 2.77. The van der Waals surface area contributed by atoms with E-state index in [4.69, 9.17) is 10.5 Å². The highest BCUT2D eigenvalue weighted by Crippen LogP contribution is 2.11. The van der Waals surface area contributed by atoms with Crippen molar-refractivity contribution in [1.29, 1.82) is 0 Å². The van der Waals surface area contributed by atoms with Crippen molar-refractivity contribution in [3.05, 3.63) is 0 Å². The number of ether oxygens (including phenoxy) is 1. The number of amides is 2. The van der Waals surface area contributed by atoms with Gasteiger partial charge in [-0.05, 0) is 26.7 Å². The van der Waals surface area contributed by atoms with Gasteiger partial charge >= 0.3 is 6.09 Å². The molecule has 1 aliphatic heterocycles. The van der Waals surface area contributed by atoms with E-state index < -0.39 is 11.7 Å². The fraction of sp³-hybridized carbons (Fsp3) is 0.846. The lowest BCUT2D eigenvalue weighted by atomic mass is 10.1. The average molecular weight is 271 g/mol. The fourth-order valence-corrected chi connectivity index (χ4v) is 1.99. The predicted molar refractivity (Wildman–Crippen MR) is 72.6 cm³/mol. The number of nitrogens with zero attached hydrogens (tertiary/aromatic N) is 1. The van der Waals surface area contributed by atoms with Crippen LogP contribution in [0.2, 0.25) is 0 Å². The molecule has 3 N–H and O–H groups in total. The van der Waals surface area contributed by atoms with Gasteiger partial charge in [0, 0.05) is 32.1 Å². The summed E-state index contributed by atoms with van der Waals surface area (Å²) < 4.78 is 5.15. The van der Waals surface area contributed by atoms with E-state index >= 15 is 0 Å². The topological polar surface area (TPSA) is 84.7 Å². The first kappa shape index (κ1) is 15.8. The molecule has 0 aliphatic carbocycles. The van der Waals surface area contributed by atoms with Crippen molar-refractivity contribution in [2.45, 2.75) is 45.8 Å². The summed E-state index contributed by atoms with van der Waals surface area (Å²) in [6, 6.07) is -0.0569. The van der Waals surface area contributed by atoms with Crippen LogP contribution in [-0.4, -0.2) is 48.2 Å². The van der Waals surface area contributed by atoms with E-state index in [1.54, 1.807) is 4.90 Å². The highest BCUT2D eigenvalue weighted by molar-refractivity contribution is 5.79. The summed E-state index contributed by atoms with van der Waals surface area (Å²) in [7, 11) is 0. The Morgan fingerprint density at radius 2 is 2.21 bits per heavy atom. The van der Waals surface area contributed by atoms with Crippen molar-refractivity contribution in [2.75, 3.05) is 19.6 Å². The van der Waals surface area contributed by atoms with Crippen LogP contribution in [0.25, 0.3) is 0 Å². The molecule has 2 amide bonds. The lowest BCUT2D eigenvalue weighted by Gasteiger charge is -2.23. The molecule has 0 spiro atoms. The lowest BCUT2D eigenvalue weighted by molar-refractivity contribution is -0.128. The summed E-state index contributed by atoms with van der Waals surface area (Å²) in [5, 5.41) is 2.71. The third kappa shape index (κ3) is 5.92. The summed E-state index contributed by atoms with van der Waals surface area (Å²) in [4.78, 5) is 24.8. The molecule has 0 bridgehead atoms. The van der Waals surface area contributed by atoms with Crippen LogP contribution >= 0.6 is 0 Å². The van der Waals surface area contributed by atoms with Crippen molar-refractivity contribution < 1.29 is 14.3 Å². The number of hydrogen-bond donors (Lipinski definition) is 2. The number of rotatable bonds is 4. The third-order valence-corrected chi connectivity index (χ3v) is 2.77. The summed E-state index contributed by atoms with van der Waals surface area (Å²) in [6.07, 6.45) is -0.00421. The number of carbonyl (C=O) groups excluding carboxylic acids is 2. The number of nitrogens with two attached hydrogens (primary N) is 1. The van der Waals surface area contributed by atoms with Crippen molar-refractivity contribution in [1.82, 2.24) is 10.2 Å². The zero-order chi connectivity index (χ0) is 14.6. The van der Waals surface area contributed by atoms with Gasteiger partial charge in [-0.3, -0.25) is 4.79 Å². The van der Waals surface area contributed by atoms with Gasteiger partial charge in [0.1, 0.15) is 5.60 Å². The first-order valence-electron chi connectivity index (χ1n) is 6.67. The van der Waals surface area contributed by atoms with Crippen LogP contribution in [0.4, 0.5) is 4.79 Å². The molecule has 19 heavy (non-hydrogen) atoms. The van der Waals surface area contributed by atoms with Gasteiger partial charge in [-0.15, -0.1) is 0 Å². The summed E-state index contributed by atoms with van der Waals surface area (Å²) in [5.41, 5.74) is 5.24. The van der Waals surface area contributed by atoms with Gasteiger partial charge in [0.2, 0.25) is 5.91 Å². The Hall–Kier alpha value is -1.30. The lowest BCUT2D eigenvalue weighted by Crippen LogP contribution is -2.39. The van der Waals surface area contributed by atoms with Crippen molar-refractivity contribution in [3.63, 3.8) is 0 Å². The van der Waals surface area contributed by atoms with Gasteiger partial charge in [-0.1, -0.05) is 6.92 Å². The Morgan fingerprint density at radius 1 is 1.58 bits per heavy atom.